The molecule has 1 aromatic rings. The highest BCUT2D eigenvalue weighted by atomic mass is 19.1. The predicted molar refractivity (Wildman–Crippen MR) is 69.6 cm³/mol. The summed E-state index contributed by atoms with van der Waals surface area (Å²) >= 11 is 0. The Hall–Kier alpha value is -1.78. The molecule has 4 N–H and O–H groups in total. The number of anilines is 2. The number of hydrogen-bond donors (Lipinski definition) is 2. The molecule has 1 saturated carbocycles. The third kappa shape index (κ3) is 2.91. The van der Waals surface area contributed by atoms with Crippen molar-refractivity contribution >= 4 is 17.3 Å². The normalized spacial score (nSPS) is 15.8. The zero-order chi connectivity index (χ0) is 13.1. The molecule has 1 fully saturated rings. The van der Waals surface area contributed by atoms with Gasteiger partial charge in [-0.05, 0) is 31.0 Å². The molecule has 98 valence electrons. The summed E-state index contributed by atoms with van der Waals surface area (Å²) in [5, 5.41) is 0. The van der Waals surface area contributed by atoms with E-state index in [1.54, 1.807) is 6.07 Å². The van der Waals surface area contributed by atoms with Gasteiger partial charge >= 0.3 is 0 Å². The Morgan fingerprint density at radius 1 is 1.33 bits per heavy atom. The maximum Gasteiger partial charge on any atom is 0.236 e. The van der Waals surface area contributed by atoms with Crippen molar-refractivity contribution in [2.75, 3.05) is 17.2 Å². The minimum absolute atomic E-state index is 0.105. The lowest BCUT2D eigenvalue weighted by molar-refractivity contribution is -0.116. The highest BCUT2D eigenvalue weighted by Gasteiger charge is 2.24. The Morgan fingerprint density at radius 3 is 2.56 bits per heavy atom. The van der Waals surface area contributed by atoms with Gasteiger partial charge in [-0.15, -0.1) is 0 Å². The van der Waals surface area contributed by atoms with Crippen LogP contribution in [0.25, 0.3) is 0 Å². The number of halogens is 1. The van der Waals surface area contributed by atoms with Gasteiger partial charge in [0.15, 0.2) is 0 Å². The number of rotatable bonds is 4. The summed E-state index contributed by atoms with van der Waals surface area (Å²) in [6.07, 6.45) is 4.27. The highest BCUT2D eigenvalue weighted by Crippen LogP contribution is 2.29. The largest absolute Gasteiger partial charge is 0.399 e. The molecule has 1 aromatic carbocycles. The van der Waals surface area contributed by atoms with Crippen LogP contribution < -0.4 is 16.4 Å². The molecule has 0 radical (unpaired) electrons. The average Bonchev–Trinajstić information content (AvgIpc) is 2.77. The molecular formula is C13H18FN3O. The SMILES string of the molecule is NC(=O)CN(c1cc(N)cc(F)c1)C1CCCC1. The number of hydrogen-bond acceptors (Lipinski definition) is 3. The van der Waals surface area contributed by atoms with Crippen LogP contribution in [0.5, 0.6) is 0 Å². The Bertz CT molecular complexity index is 424. The number of carbonyl (C=O) groups excluding carboxylic acids is 1. The summed E-state index contributed by atoms with van der Waals surface area (Å²) in [6.45, 7) is 0.105. The minimum atomic E-state index is -0.412. The summed E-state index contributed by atoms with van der Waals surface area (Å²) in [4.78, 5) is 13.0. The molecule has 0 heterocycles. The van der Waals surface area contributed by atoms with Crippen LogP contribution in [0.4, 0.5) is 15.8 Å². The number of carbonyl (C=O) groups is 1. The molecule has 1 amide bonds. The Labute approximate surface area is 106 Å². The number of nitrogens with zero attached hydrogens (tertiary/aromatic N) is 1. The summed E-state index contributed by atoms with van der Waals surface area (Å²) in [5.74, 6) is -0.804. The number of nitrogen functional groups attached to an aromatic ring is 1. The molecule has 0 spiro atoms. The molecule has 2 rings (SSSR count). The topological polar surface area (TPSA) is 72.4 Å². The third-order valence-corrected chi connectivity index (χ3v) is 3.33. The van der Waals surface area contributed by atoms with Gasteiger partial charge in [0, 0.05) is 17.4 Å². The van der Waals surface area contributed by atoms with Gasteiger partial charge in [0.25, 0.3) is 0 Å². The van der Waals surface area contributed by atoms with Crippen LogP contribution in [-0.2, 0) is 4.79 Å². The van der Waals surface area contributed by atoms with E-state index in [1.807, 2.05) is 4.90 Å². The second-order valence-corrected chi connectivity index (χ2v) is 4.78. The Morgan fingerprint density at radius 2 is 2.00 bits per heavy atom. The summed E-state index contributed by atoms with van der Waals surface area (Å²) in [7, 11) is 0. The molecule has 18 heavy (non-hydrogen) atoms. The Balaban J connectivity index is 2.28. The number of amides is 1. The van der Waals surface area contributed by atoms with Gasteiger partial charge < -0.3 is 16.4 Å². The molecule has 1 aliphatic rings. The van der Waals surface area contributed by atoms with Crippen molar-refractivity contribution in [1.29, 1.82) is 0 Å². The van der Waals surface area contributed by atoms with E-state index in [0.717, 1.165) is 25.7 Å². The van der Waals surface area contributed by atoms with Crippen LogP contribution >= 0.6 is 0 Å². The van der Waals surface area contributed by atoms with E-state index in [1.165, 1.54) is 12.1 Å². The molecule has 0 aliphatic heterocycles. The number of primary amides is 1. The average molecular weight is 251 g/mol. The minimum Gasteiger partial charge on any atom is -0.399 e. The first-order chi connectivity index (χ1) is 8.56. The van der Waals surface area contributed by atoms with Crippen LogP contribution in [0.3, 0.4) is 0 Å². The molecule has 0 aromatic heterocycles. The van der Waals surface area contributed by atoms with Gasteiger partial charge in [-0.1, -0.05) is 12.8 Å². The third-order valence-electron chi connectivity index (χ3n) is 3.33. The monoisotopic (exact) mass is 251 g/mol. The lowest BCUT2D eigenvalue weighted by Crippen LogP contribution is -2.40. The van der Waals surface area contributed by atoms with Gasteiger partial charge in [0.2, 0.25) is 5.91 Å². The molecule has 0 bridgehead atoms. The molecule has 5 heteroatoms. The molecule has 0 atom stereocenters. The van der Waals surface area contributed by atoms with Gasteiger partial charge in [-0.25, -0.2) is 4.39 Å². The number of benzene rings is 1. The van der Waals surface area contributed by atoms with Crippen molar-refractivity contribution in [1.82, 2.24) is 0 Å². The van der Waals surface area contributed by atoms with E-state index in [9.17, 15) is 9.18 Å². The first kappa shape index (κ1) is 12.7. The van der Waals surface area contributed by atoms with E-state index in [2.05, 4.69) is 0 Å². The highest BCUT2D eigenvalue weighted by molar-refractivity contribution is 5.80. The second-order valence-electron chi connectivity index (χ2n) is 4.78. The van der Waals surface area contributed by atoms with E-state index in [0.29, 0.717) is 11.4 Å². The van der Waals surface area contributed by atoms with Gasteiger partial charge in [-0.2, -0.15) is 0 Å². The standard InChI is InChI=1S/C13H18FN3O/c14-9-5-10(15)7-12(6-9)17(8-13(16)18)11-3-1-2-4-11/h5-7,11H,1-4,8,15H2,(H2,16,18). The van der Waals surface area contributed by atoms with Crippen molar-refractivity contribution in [2.24, 2.45) is 5.73 Å². The molecule has 0 saturated heterocycles. The number of nitrogens with two attached hydrogens (primary N) is 2. The van der Waals surface area contributed by atoms with Crippen molar-refractivity contribution in [3.63, 3.8) is 0 Å². The van der Waals surface area contributed by atoms with Crippen molar-refractivity contribution in [2.45, 2.75) is 31.7 Å². The van der Waals surface area contributed by atoms with E-state index >= 15 is 0 Å². The van der Waals surface area contributed by atoms with E-state index < -0.39 is 11.7 Å². The van der Waals surface area contributed by atoms with Crippen LogP contribution in [0.1, 0.15) is 25.7 Å². The first-order valence-electron chi connectivity index (χ1n) is 6.17. The van der Waals surface area contributed by atoms with E-state index in [-0.39, 0.29) is 12.6 Å². The van der Waals surface area contributed by atoms with Crippen LogP contribution in [0, 0.1) is 5.82 Å². The zero-order valence-corrected chi connectivity index (χ0v) is 10.2. The van der Waals surface area contributed by atoms with Crippen molar-refractivity contribution in [3.05, 3.63) is 24.0 Å². The molecule has 1 aliphatic carbocycles. The van der Waals surface area contributed by atoms with Gasteiger partial charge in [0.05, 0.1) is 6.54 Å². The molecule has 0 unspecified atom stereocenters. The van der Waals surface area contributed by atoms with Crippen molar-refractivity contribution in [3.8, 4) is 0 Å². The smallest absolute Gasteiger partial charge is 0.236 e. The zero-order valence-electron chi connectivity index (χ0n) is 10.2. The molecular weight excluding hydrogens is 233 g/mol. The fourth-order valence-electron chi connectivity index (χ4n) is 2.58. The van der Waals surface area contributed by atoms with Crippen LogP contribution in [-0.4, -0.2) is 18.5 Å². The summed E-state index contributed by atoms with van der Waals surface area (Å²) in [5.41, 5.74) is 11.9. The van der Waals surface area contributed by atoms with Crippen molar-refractivity contribution < 1.29 is 9.18 Å². The maximum absolute atomic E-state index is 13.4. The molecule has 4 nitrogen and oxygen atoms in total. The fourth-order valence-corrected chi connectivity index (χ4v) is 2.58. The fraction of sp³-hybridized carbons (Fsp3) is 0.462. The first-order valence-corrected chi connectivity index (χ1v) is 6.17. The van der Waals surface area contributed by atoms with Gasteiger partial charge in [0.1, 0.15) is 5.82 Å². The second kappa shape index (κ2) is 5.25. The van der Waals surface area contributed by atoms with Gasteiger partial charge in [-0.3, -0.25) is 4.79 Å². The quantitative estimate of drug-likeness (QED) is 0.799. The summed E-state index contributed by atoms with van der Waals surface area (Å²) < 4.78 is 13.4. The van der Waals surface area contributed by atoms with Crippen LogP contribution in [0.15, 0.2) is 18.2 Å². The van der Waals surface area contributed by atoms with E-state index in [4.69, 9.17) is 11.5 Å². The Kier molecular flexibility index (Phi) is 3.69. The lowest BCUT2D eigenvalue weighted by Gasteiger charge is -2.30. The maximum atomic E-state index is 13.4. The predicted octanol–water partition coefficient (Wildman–Crippen LogP) is 1.64. The lowest BCUT2D eigenvalue weighted by atomic mass is 10.1. The van der Waals surface area contributed by atoms with Crippen LogP contribution in [0.2, 0.25) is 0 Å². The summed E-state index contributed by atoms with van der Waals surface area (Å²) in [6, 6.07) is 4.60.